The van der Waals surface area contributed by atoms with Crippen LogP contribution in [0.3, 0.4) is 0 Å². The van der Waals surface area contributed by atoms with Crippen molar-refractivity contribution in [3.8, 4) is 0 Å². The van der Waals surface area contributed by atoms with Crippen LogP contribution in [0.25, 0.3) is 0 Å². The minimum atomic E-state index is -4.15. The van der Waals surface area contributed by atoms with E-state index in [1.807, 2.05) is 13.0 Å². The number of alkyl halides is 3. The first-order valence-electron chi connectivity index (χ1n) is 11.0. The Labute approximate surface area is 181 Å². The summed E-state index contributed by atoms with van der Waals surface area (Å²) in [5.74, 6) is 1.47. The fraction of sp³-hybridized carbons (Fsp3) is 0.750. The highest BCUT2D eigenvalue weighted by atomic mass is 19.4. The summed E-state index contributed by atoms with van der Waals surface area (Å²) < 4.78 is 37.7. The average Bonchev–Trinajstić information content (AvgIpc) is 3.17. The Kier molecular flexibility index (Phi) is 8.70. The SMILES string of the molecule is CCNC(=NCCCN1CCN(c2ncccn2)CC1)NC1CCN(CC(F)(F)F)C1. The van der Waals surface area contributed by atoms with Crippen molar-refractivity contribution < 1.29 is 13.2 Å². The van der Waals surface area contributed by atoms with E-state index in [2.05, 4.69) is 35.4 Å². The number of anilines is 1. The first kappa shape index (κ1) is 23.5. The van der Waals surface area contributed by atoms with Crippen molar-refractivity contribution >= 4 is 11.9 Å². The molecule has 0 bridgehead atoms. The second kappa shape index (κ2) is 11.5. The van der Waals surface area contributed by atoms with E-state index in [-0.39, 0.29) is 6.04 Å². The third kappa shape index (κ3) is 8.13. The molecule has 2 aliphatic heterocycles. The van der Waals surface area contributed by atoms with E-state index in [1.54, 1.807) is 12.4 Å². The van der Waals surface area contributed by atoms with Gasteiger partial charge in [0.05, 0.1) is 6.54 Å². The van der Waals surface area contributed by atoms with Crippen LogP contribution in [-0.2, 0) is 0 Å². The Balaban J connectivity index is 1.35. The first-order chi connectivity index (χ1) is 14.9. The molecule has 2 aliphatic rings. The number of halogens is 3. The van der Waals surface area contributed by atoms with E-state index < -0.39 is 12.7 Å². The van der Waals surface area contributed by atoms with Crippen LogP contribution in [0.15, 0.2) is 23.5 Å². The molecule has 11 heteroatoms. The predicted molar refractivity (Wildman–Crippen MR) is 115 cm³/mol. The highest BCUT2D eigenvalue weighted by Crippen LogP contribution is 2.20. The van der Waals surface area contributed by atoms with E-state index in [0.717, 1.165) is 45.1 Å². The Hall–Kier alpha value is -2.14. The molecule has 1 unspecified atom stereocenters. The van der Waals surface area contributed by atoms with Crippen molar-refractivity contribution in [2.75, 3.05) is 70.3 Å². The molecular weight excluding hydrogens is 409 g/mol. The third-order valence-electron chi connectivity index (χ3n) is 5.47. The van der Waals surface area contributed by atoms with Crippen molar-refractivity contribution in [1.82, 2.24) is 30.4 Å². The van der Waals surface area contributed by atoms with Gasteiger partial charge < -0.3 is 15.5 Å². The summed E-state index contributed by atoms with van der Waals surface area (Å²) in [6.07, 6.45) is 1.01. The number of nitrogens with zero attached hydrogens (tertiary/aromatic N) is 6. The fourth-order valence-corrected chi connectivity index (χ4v) is 3.97. The number of likely N-dealkylation sites (tertiary alicyclic amines) is 1. The summed E-state index contributed by atoms with van der Waals surface area (Å²) in [6, 6.07) is 1.82. The van der Waals surface area contributed by atoms with Crippen LogP contribution < -0.4 is 15.5 Å². The van der Waals surface area contributed by atoms with E-state index in [1.165, 1.54) is 4.90 Å². The minimum absolute atomic E-state index is 0.00608. The zero-order chi connectivity index (χ0) is 22.1. The summed E-state index contributed by atoms with van der Waals surface area (Å²) in [4.78, 5) is 19.3. The zero-order valence-electron chi connectivity index (χ0n) is 18.1. The Morgan fingerprint density at radius 1 is 1.13 bits per heavy atom. The highest BCUT2D eigenvalue weighted by molar-refractivity contribution is 5.80. The molecule has 0 amide bonds. The molecule has 3 heterocycles. The Morgan fingerprint density at radius 3 is 2.55 bits per heavy atom. The molecule has 1 aromatic heterocycles. The van der Waals surface area contributed by atoms with Gasteiger partial charge in [-0.15, -0.1) is 0 Å². The lowest BCUT2D eigenvalue weighted by Gasteiger charge is -2.34. The molecule has 1 aromatic rings. The molecular formula is C20H33F3N8. The molecule has 2 fully saturated rings. The maximum absolute atomic E-state index is 12.6. The topological polar surface area (TPSA) is 71.9 Å². The van der Waals surface area contributed by atoms with Crippen LogP contribution in [0.5, 0.6) is 0 Å². The Morgan fingerprint density at radius 2 is 1.87 bits per heavy atom. The van der Waals surface area contributed by atoms with Gasteiger partial charge in [0.15, 0.2) is 5.96 Å². The number of guanidine groups is 1. The fourth-order valence-electron chi connectivity index (χ4n) is 3.97. The van der Waals surface area contributed by atoms with E-state index in [9.17, 15) is 13.2 Å². The zero-order valence-corrected chi connectivity index (χ0v) is 18.1. The smallest absolute Gasteiger partial charge is 0.357 e. The molecule has 2 N–H and O–H groups in total. The number of nitrogens with one attached hydrogen (secondary N) is 2. The predicted octanol–water partition coefficient (Wildman–Crippen LogP) is 1.18. The number of hydrogen-bond donors (Lipinski definition) is 2. The third-order valence-corrected chi connectivity index (χ3v) is 5.47. The number of hydrogen-bond acceptors (Lipinski definition) is 6. The normalized spacial score (nSPS) is 21.5. The van der Waals surface area contributed by atoms with Crippen molar-refractivity contribution in [1.29, 1.82) is 0 Å². The maximum atomic E-state index is 12.6. The minimum Gasteiger partial charge on any atom is -0.357 e. The van der Waals surface area contributed by atoms with Gasteiger partial charge in [0.2, 0.25) is 5.95 Å². The molecule has 0 aromatic carbocycles. The van der Waals surface area contributed by atoms with Crippen LogP contribution in [0.1, 0.15) is 19.8 Å². The van der Waals surface area contributed by atoms with Crippen molar-refractivity contribution in [3.05, 3.63) is 18.5 Å². The average molecular weight is 443 g/mol. The van der Waals surface area contributed by atoms with Gasteiger partial charge in [-0.25, -0.2) is 9.97 Å². The summed E-state index contributed by atoms with van der Waals surface area (Å²) >= 11 is 0. The molecule has 0 radical (unpaired) electrons. The maximum Gasteiger partial charge on any atom is 0.401 e. The molecule has 8 nitrogen and oxygen atoms in total. The second-order valence-corrected chi connectivity index (χ2v) is 7.97. The lowest BCUT2D eigenvalue weighted by Crippen LogP contribution is -2.47. The van der Waals surface area contributed by atoms with Crippen molar-refractivity contribution in [2.24, 2.45) is 4.99 Å². The number of piperazine rings is 1. The van der Waals surface area contributed by atoms with Gasteiger partial charge in [-0.05, 0) is 25.8 Å². The van der Waals surface area contributed by atoms with Gasteiger partial charge in [-0.1, -0.05) is 0 Å². The molecule has 1 atom stereocenters. The van der Waals surface area contributed by atoms with E-state index in [0.29, 0.717) is 38.6 Å². The first-order valence-corrected chi connectivity index (χ1v) is 11.0. The van der Waals surface area contributed by atoms with E-state index >= 15 is 0 Å². The van der Waals surface area contributed by atoms with E-state index in [4.69, 9.17) is 0 Å². The van der Waals surface area contributed by atoms with Gasteiger partial charge in [0.1, 0.15) is 0 Å². The van der Waals surface area contributed by atoms with Crippen LogP contribution in [0.4, 0.5) is 19.1 Å². The largest absolute Gasteiger partial charge is 0.401 e. The van der Waals surface area contributed by atoms with Gasteiger partial charge in [-0.3, -0.25) is 14.8 Å². The lowest BCUT2D eigenvalue weighted by molar-refractivity contribution is -0.143. The molecule has 31 heavy (non-hydrogen) atoms. The van der Waals surface area contributed by atoms with Gasteiger partial charge >= 0.3 is 6.18 Å². The highest BCUT2D eigenvalue weighted by Gasteiger charge is 2.34. The van der Waals surface area contributed by atoms with Crippen LogP contribution in [-0.4, -0.2) is 103 Å². The van der Waals surface area contributed by atoms with Gasteiger partial charge in [0, 0.05) is 77.3 Å². The van der Waals surface area contributed by atoms with Crippen molar-refractivity contribution in [2.45, 2.75) is 32.0 Å². The summed E-state index contributed by atoms with van der Waals surface area (Å²) in [7, 11) is 0. The van der Waals surface area contributed by atoms with Gasteiger partial charge in [0.25, 0.3) is 0 Å². The summed E-state index contributed by atoms with van der Waals surface area (Å²) in [5, 5.41) is 6.49. The van der Waals surface area contributed by atoms with Crippen LogP contribution >= 0.6 is 0 Å². The number of aliphatic imine (C=N–C) groups is 1. The number of aromatic nitrogens is 2. The molecule has 2 saturated heterocycles. The molecule has 3 rings (SSSR count). The van der Waals surface area contributed by atoms with Crippen molar-refractivity contribution in [3.63, 3.8) is 0 Å². The van der Waals surface area contributed by atoms with Gasteiger partial charge in [-0.2, -0.15) is 13.2 Å². The molecule has 0 saturated carbocycles. The monoisotopic (exact) mass is 442 g/mol. The second-order valence-electron chi connectivity index (χ2n) is 7.97. The standard InChI is InChI=1S/C20H33F3N8/c1-2-24-18(28-17-5-10-30(15-17)16-20(21,22)23)25-8-4-9-29-11-13-31(14-12-29)19-26-6-3-7-27-19/h3,6-7,17H,2,4-5,8-16H2,1H3,(H2,24,25,28). The summed E-state index contributed by atoms with van der Waals surface area (Å²) in [6.45, 7) is 8.10. The summed E-state index contributed by atoms with van der Waals surface area (Å²) in [5.41, 5.74) is 0. The quantitative estimate of drug-likeness (QED) is 0.356. The molecule has 174 valence electrons. The Bertz CT molecular complexity index is 677. The van der Waals surface area contributed by atoms with Crippen LogP contribution in [0, 0.1) is 0 Å². The lowest BCUT2D eigenvalue weighted by atomic mass is 10.3. The molecule has 0 aliphatic carbocycles. The van der Waals surface area contributed by atoms with Crippen LogP contribution in [0.2, 0.25) is 0 Å². The molecule has 0 spiro atoms. The number of rotatable bonds is 8.